The third-order valence-electron chi connectivity index (χ3n) is 5.54. The van der Waals surface area contributed by atoms with Crippen LogP contribution in [0.2, 0.25) is 0 Å². The number of benzene rings is 2. The molecule has 33 heavy (non-hydrogen) atoms. The second-order valence-electron chi connectivity index (χ2n) is 8.00. The molecule has 2 aromatic carbocycles. The van der Waals surface area contributed by atoms with E-state index in [4.69, 9.17) is 14.5 Å². The molecule has 0 spiro atoms. The molecule has 3 aromatic rings. The van der Waals surface area contributed by atoms with Crippen molar-refractivity contribution in [3.8, 4) is 11.5 Å². The summed E-state index contributed by atoms with van der Waals surface area (Å²) in [7, 11) is 2.06. The van der Waals surface area contributed by atoms with Gasteiger partial charge in [0.25, 0.3) is 0 Å². The second-order valence-corrected chi connectivity index (χ2v) is 8.00. The molecule has 0 saturated heterocycles. The van der Waals surface area contributed by atoms with Gasteiger partial charge in [0.05, 0.1) is 0 Å². The summed E-state index contributed by atoms with van der Waals surface area (Å²) in [6.45, 7) is 6.22. The van der Waals surface area contributed by atoms with Crippen LogP contribution in [-0.2, 0) is 25.9 Å². The van der Waals surface area contributed by atoms with Gasteiger partial charge in [-0.25, -0.2) is 0 Å². The fourth-order valence-electron chi connectivity index (χ4n) is 3.81. The molecule has 0 radical (unpaired) electrons. The van der Waals surface area contributed by atoms with Crippen LogP contribution in [0, 0.1) is 0 Å². The lowest BCUT2D eigenvalue weighted by Gasteiger charge is -2.24. The van der Waals surface area contributed by atoms with Crippen molar-refractivity contribution >= 4 is 5.96 Å². The third-order valence-corrected chi connectivity index (χ3v) is 5.54. The number of guanidine groups is 1. The largest absolute Gasteiger partial charge is 0.486 e. The van der Waals surface area contributed by atoms with E-state index in [-0.39, 0.29) is 0 Å². The Labute approximate surface area is 195 Å². The monoisotopic (exact) mass is 448 g/mol. The van der Waals surface area contributed by atoms with Gasteiger partial charge in [-0.05, 0) is 29.7 Å². The number of aromatic nitrogens is 3. The average molecular weight is 449 g/mol. The van der Waals surface area contributed by atoms with Gasteiger partial charge >= 0.3 is 0 Å². The first-order valence-corrected chi connectivity index (χ1v) is 11.5. The van der Waals surface area contributed by atoms with Crippen molar-refractivity contribution in [3.63, 3.8) is 0 Å². The van der Waals surface area contributed by atoms with Crippen LogP contribution in [0.5, 0.6) is 11.5 Å². The molecule has 8 nitrogen and oxygen atoms in total. The van der Waals surface area contributed by atoms with E-state index in [1.165, 1.54) is 5.56 Å². The van der Waals surface area contributed by atoms with E-state index in [9.17, 15) is 0 Å². The normalized spacial score (nSPS) is 13.1. The minimum Gasteiger partial charge on any atom is -0.486 e. The highest BCUT2D eigenvalue weighted by Crippen LogP contribution is 2.31. The Bertz CT molecular complexity index is 1050. The van der Waals surface area contributed by atoms with Crippen molar-refractivity contribution in [2.45, 2.75) is 32.9 Å². The summed E-state index contributed by atoms with van der Waals surface area (Å²) in [5, 5.41) is 11.7. The molecule has 0 bridgehead atoms. The minimum atomic E-state index is 0.586. The summed E-state index contributed by atoms with van der Waals surface area (Å²) in [5.74, 6) is 3.47. The molecule has 0 atom stereocenters. The van der Waals surface area contributed by atoms with Crippen LogP contribution >= 0.6 is 0 Å². The van der Waals surface area contributed by atoms with Crippen molar-refractivity contribution in [2.75, 3.05) is 33.4 Å². The van der Waals surface area contributed by atoms with Crippen molar-refractivity contribution in [3.05, 3.63) is 71.8 Å². The topological polar surface area (TPSA) is 76.8 Å². The van der Waals surface area contributed by atoms with Crippen LogP contribution in [0.3, 0.4) is 0 Å². The second kappa shape index (κ2) is 11.4. The minimum absolute atomic E-state index is 0.586. The van der Waals surface area contributed by atoms with Crippen molar-refractivity contribution in [1.82, 2.24) is 25.0 Å². The number of aliphatic imine (C=N–C) groups is 1. The standard InChI is InChI=1S/C25H32N6O2/c1-3-24-29-28-19-31(24)14-13-27-25(26-12-11-20-7-5-4-6-8-20)30(2)18-21-9-10-22-23(17-21)33-16-15-32-22/h4-10,17,19H,3,11-16,18H2,1-2H3,(H,26,27). The van der Waals surface area contributed by atoms with Crippen LogP contribution in [-0.4, -0.2) is 59.0 Å². The van der Waals surface area contributed by atoms with Gasteiger partial charge in [-0.15, -0.1) is 10.2 Å². The lowest BCUT2D eigenvalue weighted by molar-refractivity contribution is 0.171. The van der Waals surface area contributed by atoms with Crippen molar-refractivity contribution in [1.29, 1.82) is 0 Å². The van der Waals surface area contributed by atoms with Gasteiger partial charge in [-0.1, -0.05) is 43.3 Å². The molecule has 1 aliphatic heterocycles. The van der Waals surface area contributed by atoms with E-state index in [1.54, 1.807) is 6.33 Å². The van der Waals surface area contributed by atoms with E-state index >= 15 is 0 Å². The molecule has 0 unspecified atom stereocenters. The maximum Gasteiger partial charge on any atom is 0.194 e. The first-order valence-electron chi connectivity index (χ1n) is 11.5. The molecule has 4 rings (SSSR count). The molecular formula is C25H32N6O2. The molecule has 8 heteroatoms. The predicted octanol–water partition coefficient (Wildman–Crippen LogP) is 2.93. The number of hydrogen-bond donors (Lipinski definition) is 1. The van der Waals surface area contributed by atoms with Crippen LogP contribution in [0.15, 0.2) is 59.9 Å². The summed E-state index contributed by atoms with van der Waals surface area (Å²) in [5.41, 5.74) is 2.43. The van der Waals surface area contributed by atoms with E-state index in [0.717, 1.165) is 54.8 Å². The van der Waals surface area contributed by atoms with Gasteiger partial charge in [0, 0.05) is 39.6 Å². The van der Waals surface area contributed by atoms with Gasteiger partial charge in [-0.2, -0.15) is 0 Å². The molecule has 1 N–H and O–H groups in total. The van der Waals surface area contributed by atoms with Crippen LogP contribution in [0.25, 0.3) is 0 Å². The Kier molecular flexibility index (Phi) is 7.79. The molecule has 1 aromatic heterocycles. The zero-order valence-corrected chi connectivity index (χ0v) is 19.4. The average Bonchev–Trinajstić information content (AvgIpc) is 3.31. The summed E-state index contributed by atoms with van der Waals surface area (Å²) >= 11 is 0. The number of fused-ring (bicyclic) bond motifs is 1. The highest BCUT2D eigenvalue weighted by molar-refractivity contribution is 5.79. The number of aryl methyl sites for hydroxylation is 1. The van der Waals surface area contributed by atoms with Gasteiger partial charge in [0.2, 0.25) is 0 Å². The number of nitrogens with one attached hydrogen (secondary N) is 1. The van der Waals surface area contributed by atoms with Gasteiger partial charge in [0.1, 0.15) is 25.4 Å². The third kappa shape index (κ3) is 6.25. The van der Waals surface area contributed by atoms with E-state index in [0.29, 0.717) is 26.3 Å². The molecule has 2 heterocycles. The van der Waals surface area contributed by atoms with Crippen LogP contribution in [0.1, 0.15) is 23.9 Å². The summed E-state index contributed by atoms with van der Waals surface area (Å²) in [4.78, 5) is 7.04. The first-order chi connectivity index (χ1) is 16.2. The Morgan fingerprint density at radius 2 is 1.91 bits per heavy atom. The molecule has 1 aliphatic rings. The van der Waals surface area contributed by atoms with E-state index in [2.05, 4.69) is 75.4 Å². The quantitative estimate of drug-likeness (QED) is 0.401. The maximum absolute atomic E-state index is 5.74. The lowest BCUT2D eigenvalue weighted by Crippen LogP contribution is -2.40. The molecular weight excluding hydrogens is 416 g/mol. The Morgan fingerprint density at radius 1 is 1.09 bits per heavy atom. The fourth-order valence-corrected chi connectivity index (χ4v) is 3.81. The summed E-state index contributed by atoms with van der Waals surface area (Å²) < 4.78 is 13.5. The Hall–Kier alpha value is -3.55. The van der Waals surface area contributed by atoms with Gasteiger partial charge in [0.15, 0.2) is 17.5 Å². The molecule has 0 saturated carbocycles. The number of nitrogens with zero attached hydrogens (tertiary/aromatic N) is 5. The van der Waals surface area contributed by atoms with Crippen LogP contribution in [0.4, 0.5) is 0 Å². The molecule has 0 amide bonds. The number of hydrogen-bond acceptors (Lipinski definition) is 5. The van der Waals surface area contributed by atoms with Crippen molar-refractivity contribution in [2.24, 2.45) is 4.99 Å². The summed E-state index contributed by atoms with van der Waals surface area (Å²) in [6.07, 6.45) is 3.54. The highest BCUT2D eigenvalue weighted by Gasteiger charge is 2.14. The Morgan fingerprint density at radius 3 is 2.73 bits per heavy atom. The number of ether oxygens (including phenoxy) is 2. The SMILES string of the molecule is CCc1nncn1CCNC(=NCCc1ccccc1)N(C)Cc1ccc2c(c1)OCCO2. The Balaban J connectivity index is 1.41. The zero-order chi connectivity index (χ0) is 22.9. The van der Waals surface area contributed by atoms with Crippen molar-refractivity contribution < 1.29 is 9.47 Å². The molecule has 0 fully saturated rings. The van der Waals surface area contributed by atoms with E-state index < -0.39 is 0 Å². The smallest absolute Gasteiger partial charge is 0.194 e. The van der Waals surface area contributed by atoms with Gasteiger partial charge in [-0.3, -0.25) is 4.99 Å². The number of rotatable bonds is 9. The van der Waals surface area contributed by atoms with E-state index in [1.807, 2.05) is 12.1 Å². The lowest BCUT2D eigenvalue weighted by atomic mass is 10.1. The zero-order valence-electron chi connectivity index (χ0n) is 19.4. The molecule has 174 valence electrons. The molecule has 0 aliphatic carbocycles. The highest BCUT2D eigenvalue weighted by atomic mass is 16.6. The maximum atomic E-state index is 5.74. The summed E-state index contributed by atoms with van der Waals surface area (Å²) in [6, 6.07) is 16.6. The first kappa shape index (κ1) is 22.6. The predicted molar refractivity (Wildman–Crippen MR) is 129 cm³/mol. The van der Waals surface area contributed by atoms with Gasteiger partial charge < -0.3 is 24.3 Å². The van der Waals surface area contributed by atoms with Crippen LogP contribution < -0.4 is 14.8 Å². The fraction of sp³-hybridized carbons (Fsp3) is 0.400.